The highest BCUT2D eigenvalue weighted by Gasteiger charge is 2.01. The van der Waals surface area contributed by atoms with Gasteiger partial charge in [-0.3, -0.25) is 4.98 Å². The van der Waals surface area contributed by atoms with Crippen molar-refractivity contribution in [3.63, 3.8) is 0 Å². The number of rotatable bonds is 1. The molecule has 66 valence electrons. The molecule has 0 atom stereocenters. The van der Waals surface area contributed by atoms with Gasteiger partial charge in [-0.05, 0) is 23.8 Å². The van der Waals surface area contributed by atoms with Crippen molar-refractivity contribution in [3.05, 3.63) is 40.5 Å². The Morgan fingerprint density at radius 3 is 3.00 bits per heavy atom. The number of aliphatic hydroxyl groups excluding tert-OH is 1. The molecule has 2 rings (SSSR count). The number of halogens is 1. The molecule has 0 amide bonds. The van der Waals surface area contributed by atoms with E-state index in [1.54, 1.807) is 6.20 Å². The van der Waals surface area contributed by atoms with Gasteiger partial charge < -0.3 is 5.11 Å². The molecule has 0 aliphatic carbocycles. The molecule has 0 aliphatic rings. The van der Waals surface area contributed by atoms with E-state index in [1.165, 1.54) is 0 Å². The predicted molar refractivity (Wildman–Crippen MR) is 55.4 cm³/mol. The van der Waals surface area contributed by atoms with E-state index in [-0.39, 0.29) is 6.61 Å². The number of pyridine rings is 1. The fourth-order valence-corrected chi connectivity index (χ4v) is 1.72. The van der Waals surface area contributed by atoms with Crippen LogP contribution in [-0.4, -0.2) is 10.1 Å². The number of nitrogens with zero attached hydrogens (tertiary/aromatic N) is 1. The maximum atomic E-state index is 9.03. The first-order chi connectivity index (χ1) is 6.31. The van der Waals surface area contributed by atoms with Crippen molar-refractivity contribution in [2.75, 3.05) is 0 Å². The number of aromatic nitrogens is 1. The van der Waals surface area contributed by atoms with Crippen molar-refractivity contribution in [2.45, 2.75) is 6.61 Å². The Kier molecular flexibility index (Phi) is 2.29. The molecule has 0 fully saturated rings. The minimum Gasteiger partial charge on any atom is -0.392 e. The zero-order valence-corrected chi connectivity index (χ0v) is 8.45. The van der Waals surface area contributed by atoms with Crippen LogP contribution in [0.2, 0.25) is 0 Å². The summed E-state index contributed by atoms with van der Waals surface area (Å²) in [5.41, 5.74) is 1.83. The highest BCUT2D eigenvalue weighted by molar-refractivity contribution is 9.10. The van der Waals surface area contributed by atoms with Crippen molar-refractivity contribution in [2.24, 2.45) is 0 Å². The summed E-state index contributed by atoms with van der Waals surface area (Å²) in [5, 5.41) is 10.1. The molecule has 2 nitrogen and oxygen atoms in total. The average molecular weight is 238 g/mol. The van der Waals surface area contributed by atoms with E-state index in [4.69, 9.17) is 5.11 Å². The van der Waals surface area contributed by atoms with Crippen LogP contribution in [0, 0.1) is 0 Å². The van der Waals surface area contributed by atoms with Gasteiger partial charge in [0, 0.05) is 16.1 Å². The minimum atomic E-state index is 0.0470. The monoisotopic (exact) mass is 237 g/mol. The third-order valence-corrected chi connectivity index (χ3v) is 2.68. The van der Waals surface area contributed by atoms with Gasteiger partial charge in [0.1, 0.15) is 0 Å². The smallest absolute Gasteiger partial charge is 0.0713 e. The number of fused-ring (bicyclic) bond motifs is 1. The quantitative estimate of drug-likeness (QED) is 0.827. The SMILES string of the molecule is OCc1cc2cccnc2cc1Br. The van der Waals surface area contributed by atoms with E-state index in [1.807, 2.05) is 24.3 Å². The Morgan fingerprint density at radius 1 is 1.38 bits per heavy atom. The van der Waals surface area contributed by atoms with Crippen LogP contribution in [0.1, 0.15) is 5.56 Å². The average Bonchev–Trinajstić information content (AvgIpc) is 2.17. The van der Waals surface area contributed by atoms with Gasteiger partial charge >= 0.3 is 0 Å². The highest BCUT2D eigenvalue weighted by Crippen LogP contribution is 2.22. The van der Waals surface area contributed by atoms with Gasteiger partial charge in [0.25, 0.3) is 0 Å². The molecule has 0 aliphatic heterocycles. The molecule has 1 aromatic carbocycles. The van der Waals surface area contributed by atoms with Crippen LogP contribution in [-0.2, 0) is 6.61 Å². The van der Waals surface area contributed by atoms with Crippen LogP contribution in [0.4, 0.5) is 0 Å². The minimum absolute atomic E-state index is 0.0470. The van der Waals surface area contributed by atoms with E-state index in [0.29, 0.717) is 0 Å². The highest BCUT2D eigenvalue weighted by atomic mass is 79.9. The summed E-state index contributed by atoms with van der Waals surface area (Å²) in [4.78, 5) is 4.21. The number of hydrogen-bond donors (Lipinski definition) is 1. The molecule has 3 heteroatoms. The third kappa shape index (κ3) is 1.57. The summed E-state index contributed by atoms with van der Waals surface area (Å²) in [7, 11) is 0. The van der Waals surface area contributed by atoms with Crippen molar-refractivity contribution < 1.29 is 5.11 Å². The fraction of sp³-hybridized carbons (Fsp3) is 0.100. The standard InChI is InChI=1S/C10H8BrNO/c11-9-5-10-7(2-1-3-12-10)4-8(9)6-13/h1-5,13H,6H2. The summed E-state index contributed by atoms with van der Waals surface area (Å²) in [5.74, 6) is 0. The lowest BCUT2D eigenvalue weighted by molar-refractivity contribution is 0.281. The molecule has 0 saturated heterocycles. The Balaban J connectivity index is 2.74. The summed E-state index contributed by atoms with van der Waals surface area (Å²) in [6, 6.07) is 7.72. The zero-order chi connectivity index (χ0) is 9.26. The molecule has 0 radical (unpaired) electrons. The van der Waals surface area contributed by atoms with Crippen molar-refractivity contribution >= 4 is 26.8 Å². The van der Waals surface area contributed by atoms with Gasteiger partial charge in [-0.15, -0.1) is 0 Å². The van der Waals surface area contributed by atoms with Gasteiger partial charge in [-0.1, -0.05) is 22.0 Å². The Labute approximate surface area is 84.4 Å². The molecule has 1 heterocycles. The number of aliphatic hydroxyl groups is 1. The van der Waals surface area contributed by atoms with Crippen LogP contribution in [0.3, 0.4) is 0 Å². The Hall–Kier alpha value is -0.930. The molecular formula is C10H8BrNO. The van der Waals surface area contributed by atoms with Crippen LogP contribution in [0.5, 0.6) is 0 Å². The molecule has 0 saturated carbocycles. The molecular weight excluding hydrogens is 230 g/mol. The van der Waals surface area contributed by atoms with Crippen LogP contribution in [0.15, 0.2) is 34.9 Å². The molecule has 13 heavy (non-hydrogen) atoms. The van der Waals surface area contributed by atoms with Gasteiger partial charge in [-0.2, -0.15) is 0 Å². The van der Waals surface area contributed by atoms with E-state index < -0.39 is 0 Å². The molecule has 0 spiro atoms. The number of benzene rings is 1. The first kappa shape index (κ1) is 8.66. The van der Waals surface area contributed by atoms with Gasteiger partial charge in [-0.25, -0.2) is 0 Å². The first-order valence-electron chi connectivity index (χ1n) is 3.95. The lowest BCUT2D eigenvalue weighted by Gasteiger charge is -2.02. The maximum absolute atomic E-state index is 9.03. The van der Waals surface area contributed by atoms with Crippen LogP contribution < -0.4 is 0 Å². The summed E-state index contributed by atoms with van der Waals surface area (Å²) >= 11 is 3.38. The predicted octanol–water partition coefficient (Wildman–Crippen LogP) is 2.49. The van der Waals surface area contributed by atoms with Crippen molar-refractivity contribution in [1.29, 1.82) is 0 Å². The fourth-order valence-electron chi connectivity index (χ4n) is 1.26. The molecule has 0 unspecified atom stereocenters. The normalized spacial score (nSPS) is 10.6. The topological polar surface area (TPSA) is 33.1 Å². The van der Waals surface area contributed by atoms with Crippen molar-refractivity contribution in [3.8, 4) is 0 Å². The Morgan fingerprint density at radius 2 is 2.23 bits per heavy atom. The van der Waals surface area contributed by atoms with E-state index in [0.717, 1.165) is 20.9 Å². The summed E-state index contributed by atoms with van der Waals surface area (Å²) in [6.45, 7) is 0.0470. The molecule has 1 aromatic heterocycles. The molecule has 2 aromatic rings. The van der Waals surface area contributed by atoms with Gasteiger partial charge in [0.15, 0.2) is 0 Å². The van der Waals surface area contributed by atoms with E-state index in [9.17, 15) is 0 Å². The lowest BCUT2D eigenvalue weighted by atomic mass is 10.1. The largest absolute Gasteiger partial charge is 0.392 e. The second-order valence-corrected chi connectivity index (χ2v) is 3.65. The zero-order valence-electron chi connectivity index (χ0n) is 6.87. The molecule has 0 bridgehead atoms. The third-order valence-electron chi connectivity index (χ3n) is 1.94. The summed E-state index contributed by atoms with van der Waals surface area (Å²) in [6.07, 6.45) is 1.76. The van der Waals surface area contributed by atoms with Gasteiger partial charge in [0.05, 0.1) is 12.1 Å². The number of hydrogen-bond acceptors (Lipinski definition) is 2. The van der Waals surface area contributed by atoms with Crippen LogP contribution in [0.25, 0.3) is 10.9 Å². The Bertz CT molecular complexity index is 442. The lowest BCUT2D eigenvalue weighted by Crippen LogP contribution is -1.86. The van der Waals surface area contributed by atoms with Crippen molar-refractivity contribution in [1.82, 2.24) is 4.98 Å². The maximum Gasteiger partial charge on any atom is 0.0713 e. The van der Waals surface area contributed by atoms with E-state index in [2.05, 4.69) is 20.9 Å². The van der Waals surface area contributed by atoms with E-state index >= 15 is 0 Å². The molecule has 1 N–H and O–H groups in total. The van der Waals surface area contributed by atoms with Gasteiger partial charge in [0.2, 0.25) is 0 Å². The van der Waals surface area contributed by atoms with Crippen LogP contribution >= 0.6 is 15.9 Å². The second kappa shape index (κ2) is 3.44. The first-order valence-corrected chi connectivity index (χ1v) is 4.74. The summed E-state index contributed by atoms with van der Waals surface area (Å²) < 4.78 is 0.904. The second-order valence-electron chi connectivity index (χ2n) is 2.80.